The maximum Gasteiger partial charge on any atom is 0.317 e. The quantitative estimate of drug-likeness (QED) is 0.815. The summed E-state index contributed by atoms with van der Waals surface area (Å²) >= 11 is 0. The first-order chi connectivity index (χ1) is 12.7. The monoisotopic (exact) mass is 364 g/mol. The van der Waals surface area contributed by atoms with Crippen LogP contribution in [0.2, 0.25) is 0 Å². The highest BCUT2D eigenvalue weighted by molar-refractivity contribution is 5.74. The van der Waals surface area contributed by atoms with E-state index in [0.717, 1.165) is 57.5 Å². The van der Waals surface area contributed by atoms with Crippen LogP contribution in [0.1, 0.15) is 58.3 Å². The number of carbonyl (C=O) groups excluding carboxylic acids is 1. The van der Waals surface area contributed by atoms with Crippen molar-refractivity contribution in [3.63, 3.8) is 0 Å². The summed E-state index contributed by atoms with van der Waals surface area (Å²) in [5, 5.41) is 3.16. The fraction of sp³-hybridized carbons (Fsp3) is 0.952. The average Bonchev–Trinajstić information content (AvgIpc) is 2.90. The molecule has 2 saturated heterocycles. The van der Waals surface area contributed by atoms with Gasteiger partial charge < -0.3 is 20.0 Å². The van der Waals surface area contributed by atoms with Crippen LogP contribution in [-0.4, -0.2) is 79.6 Å². The number of hydrogen-bond donors (Lipinski definition) is 1. The number of carbonyl (C=O) groups is 1. The molecule has 2 aliphatic heterocycles. The van der Waals surface area contributed by atoms with E-state index < -0.39 is 0 Å². The van der Waals surface area contributed by atoms with Crippen LogP contribution in [0.4, 0.5) is 4.79 Å². The molecule has 5 heteroatoms. The van der Waals surface area contributed by atoms with Crippen LogP contribution in [-0.2, 0) is 0 Å². The van der Waals surface area contributed by atoms with E-state index in [2.05, 4.69) is 22.0 Å². The number of piperidine rings is 1. The Bertz CT molecular complexity index is 416. The van der Waals surface area contributed by atoms with E-state index >= 15 is 0 Å². The summed E-state index contributed by atoms with van der Waals surface area (Å²) < 4.78 is 0. The van der Waals surface area contributed by atoms with Gasteiger partial charge in [0.1, 0.15) is 0 Å². The smallest absolute Gasteiger partial charge is 0.317 e. The lowest BCUT2D eigenvalue weighted by Crippen LogP contribution is -2.45. The van der Waals surface area contributed by atoms with Gasteiger partial charge >= 0.3 is 6.03 Å². The molecule has 0 radical (unpaired) electrons. The van der Waals surface area contributed by atoms with Gasteiger partial charge in [0.25, 0.3) is 0 Å². The molecule has 0 bridgehead atoms. The first kappa shape index (κ1) is 19.9. The highest BCUT2D eigenvalue weighted by Crippen LogP contribution is 2.24. The largest absolute Gasteiger partial charge is 0.337 e. The van der Waals surface area contributed by atoms with Gasteiger partial charge in [0, 0.05) is 39.3 Å². The summed E-state index contributed by atoms with van der Waals surface area (Å²) in [7, 11) is 0. The summed E-state index contributed by atoms with van der Waals surface area (Å²) in [4.78, 5) is 19.7. The van der Waals surface area contributed by atoms with E-state index in [1.165, 1.54) is 64.6 Å². The first-order valence-electron chi connectivity index (χ1n) is 11.2. The van der Waals surface area contributed by atoms with Gasteiger partial charge in [0.05, 0.1) is 0 Å². The minimum atomic E-state index is 0.148. The van der Waals surface area contributed by atoms with Crippen LogP contribution < -0.4 is 5.32 Å². The third-order valence-electron chi connectivity index (χ3n) is 6.70. The Hall–Kier alpha value is -0.810. The first-order valence-corrected chi connectivity index (χ1v) is 11.2. The molecule has 3 rings (SSSR count). The number of nitrogens with one attached hydrogen (secondary N) is 1. The highest BCUT2D eigenvalue weighted by Gasteiger charge is 2.22. The molecular weight excluding hydrogens is 324 g/mol. The number of likely N-dealkylation sites (tertiary alicyclic amines) is 1. The summed E-state index contributed by atoms with van der Waals surface area (Å²) in [5.74, 6) is 1.77. The summed E-state index contributed by atoms with van der Waals surface area (Å²) in [6.07, 6.45) is 10.8. The Labute approximate surface area is 160 Å². The Morgan fingerprint density at radius 1 is 0.846 bits per heavy atom. The van der Waals surface area contributed by atoms with Crippen molar-refractivity contribution in [2.24, 2.45) is 11.8 Å². The third-order valence-corrected chi connectivity index (χ3v) is 6.70. The zero-order chi connectivity index (χ0) is 18.2. The van der Waals surface area contributed by atoms with Gasteiger partial charge in [-0.15, -0.1) is 0 Å². The van der Waals surface area contributed by atoms with Crippen LogP contribution in [0.25, 0.3) is 0 Å². The van der Waals surface area contributed by atoms with Crippen LogP contribution in [0.5, 0.6) is 0 Å². The molecule has 2 amide bonds. The van der Waals surface area contributed by atoms with Crippen LogP contribution in [0, 0.1) is 11.8 Å². The van der Waals surface area contributed by atoms with Crippen molar-refractivity contribution in [3.05, 3.63) is 0 Å². The van der Waals surface area contributed by atoms with Gasteiger partial charge in [0.15, 0.2) is 0 Å². The van der Waals surface area contributed by atoms with Gasteiger partial charge in [-0.05, 0) is 63.6 Å². The lowest BCUT2D eigenvalue weighted by Gasteiger charge is -2.30. The van der Waals surface area contributed by atoms with E-state index in [1.807, 2.05) is 4.90 Å². The molecule has 3 fully saturated rings. The fourth-order valence-electron chi connectivity index (χ4n) is 4.81. The average molecular weight is 365 g/mol. The molecule has 1 N–H and O–H groups in total. The zero-order valence-corrected chi connectivity index (χ0v) is 16.9. The standard InChI is InChI=1S/C21H40N4O/c1-19-8-13-23(14-9-19)15-10-22-21(26)25-12-5-11-24(16-17-25)18-20-6-3-2-4-7-20/h19-20H,2-18H2,1H3,(H,22,26). The third kappa shape index (κ3) is 6.41. The SMILES string of the molecule is CC1CCN(CCNC(=O)N2CCCN(CC3CCCCC3)CC2)CC1. The van der Waals surface area contributed by atoms with Crippen LogP contribution in [0.3, 0.4) is 0 Å². The number of rotatable bonds is 5. The van der Waals surface area contributed by atoms with E-state index in [1.54, 1.807) is 0 Å². The molecule has 3 aliphatic rings. The Morgan fingerprint density at radius 2 is 1.62 bits per heavy atom. The number of nitrogens with zero attached hydrogens (tertiary/aromatic N) is 3. The van der Waals surface area contributed by atoms with Crippen molar-refractivity contribution < 1.29 is 4.79 Å². The lowest BCUT2D eigenvalue weighted by atomic mass is 9.89. The van der Waals surface area contributed by atoms with E-state index in [0.29, 0.717) is 0 Å². The van der Waals surface area contributed by atoms with Crippen molar-refractivity contribution in [2.45, 2.75) is 58.3 Å². The molecule has 26 heavy (non-hydrogen) atoms. The van der Waals surface area contributed by atoms with Gasteiger partial charge in [-0.2, -0.15) is 0 Å². The van der Waals surface area contributed by atoms with E-state index in [4.69, 9.17) is 0 Å². The second-order valence-electron chi connectivity index (χ2n) is 8.90. The summed E-state index contributed by atoms with van der Waals surface area (Å²) in [6.45, 7) is 11.8. The second kappa shape index (κ2) is 10.5. The maximum atomic E-state index is 12.5. The molecule has 0 spiro atoms. The van der Waals surface area contributed by atoms with Gasteiger partial charge in [-0.25, -0.2) is 4.79 Å². The Morgan fingerprint density at radius 3 is 2.38 bits per heavy atom. The Kier molecular flexibility index (Phi) is 8.06. The zero-order valence-electron chi connectivity index (χ0n) is 16.9. The predicted octanol–water partition coefficient (Wildman–Crippen LogP) is 3.02. The maximum absolute atomic E-state index is 12.5. The molecule has 1 saturated carbocycles. The number of hydrogen-bond acceptors (Lipinski definition) is 3. The number of urea groups is 1. The molecule has 2 heterocycles. The van der Waals surface area contributed by atoms with E-state index in [9.17, 15) is 4.79 Å². The van der Waals surface area contributed by atoms with Gasteiger partial charge in [-0.3, -0.25) is 0 Å². The van der Waals surface area contributed by atoms with Crippen molar-refractivity contribution >= 4 is 6.03 Å². The molecule has 150 valence electrons. The normalized spacial score (nSPS) is 25.2. The fourth-order valence-corrected chi connectivity index (χ4v) is 4.81. The van der Waals surface area contributed by atoms with Crippen molar-refractivity contribution in [1.82, 2.24) is 20.0 Å². The number of amides is 2. The topological polar surface area (TPSA) is 38.8 Å². The highest BCUT2D eigenvalue weighted by atomic mass is 16.2. The predicted molar refractivity (Wildman–Crippen MR) is 107 cm³/mol. The minimum Gasteiger partial charge on any atom is -0.337 e. The van der Waals surface area contributed by atoms with Crippen molar-refractivity contribution in [2.75, 3.05) is 58.9 Å². The molecule has 0 aromatic heterocycles. The molecule has 5 nitrogen and oxygen atoms in total. The van der Waals surface area contributed by atoms with Crippen molar-refractivity contribution in [3.8, 4) is 0 Å². The molecule has 0 unspecified atom stereocenters. The summed E-state index contributed by atoms with van der Waals surface area (Å²) in [5.41, 5.74) is 0. The molecule has 0 atom stereocenters. The second-order valence-corrected chi connectivity index (χ2v) is 8.90. The van der Waals surface area contributed by atoms with Crippen LogP contribution >= 0.6 is 0 Å². The lowest BCUT2D eigenvalue weighted by molar-refractivity contribution is 0.179. The van der Waals surface area contributed by atoms with E-state index in [-0.39, 0.29) is 6.03 Å². The van der Waals surface area contributed by atoms with Gasteiger partial charge in [0.2, 0.25) is 0 Å². The Balaban J connectivity index is 1.32. The molecule has 0 aromatic rings. The molecule has 0 aromatic carbocycles. The minimum absolute atomic E-state index is 0.148. The van der Waals surface area contributed by atoms with Crippen LogP contribution in [0.15, 0.2) is 0 Å². The molecular formula is C21H40N4O. The molecule has 1 aliphatic carbocycles. The summed E-state index contributed by atoms with van der Waals surface area (Å²) in [6, 6.07) is 0.148. The van der Waals surface area contributed by atoms with Gasteiger partial charge in [-0.1, -0.05) is 26.2 Å². The van der Waals surface area contributed by atoms with Crippen molar-refractivity contribution in [1.29, 1.82) is 0 Å².